The van der Waals surface area contributed by atoms with Crippen molar-refractivity contribution < 1.29 is 24.0 Å². The highest BCUT2D eigenvalue weighted by atomic mass is 35.5. The molecule has 3 aromatic carbocycles. The lowest BCUT2D eigenvalue weighted by molar-refractivity contribution is -0.136. The van der Waals surface area contributed by atoms with E-state index in [0.717, 1.165) is 92.0 Å². The van der Waals surface area contributed by atoms with E-state index in [1.165, 1.54) is 5.56 Å². The summed E-state index contributed by atoms with van der Waals surface area (Å²) in [4.78, 5) is 75.9. The SMILES string of the molecule is [C-]#[N+]c1cc2c(cc1Cl)N(C1CCC(NC(=O)c3ccc(N4CCC(CN5Cc6cc7c(cc6C5)C(=O)N(C5CCC(=O)NC5=O)C7=O)CC4)cc3)CC1)[C@H](C)C2. The molecule has 2 saturated heterocycles. The minimum Gasteiger partial charge on any atom is -0.372 e. The second-order valence-electron chi connectivity index (χ2n) is 16.7. The first-order valence-corrected chi connectivity index (χ1v) is 20.7. The number of piperidine rings is 2. The molecule has 57 heavy (non-hydrogen) atoms. The fourth-order valence-corrected chi connectivity index (χ4v) is 10.4. The Labute approximate surface area is 337 Å². The average Bonchev–Trinajstić information content (AvgIpc) is 3.83. The first kappa shape index (κ1) is 37.3. The monoisotopic (exact) mass is 787 g/mol. The lowest BCUT2D eigenvalue weighted by atomic mass is 9.89. The first-order chi connectivity index (χ1) is 27.5. The van der Waals surface area contributed by atoms with Crippen LogP contribution in [0.25, 0.3) is 4.85 Å². The van der Waals surface area contributed by atoms with Gasteiger partial charge in [0.2, 0.25) is 17.5 Å². The molecule has 2 atom stereocenters. The standard InChI is InChI=1S/C44H46ClN7O5/c1-25-17-28-20-37(46-2)36(45)21-39(28)51(25)33-9-5-31(6-10-33)47-41(54)27-3-7-32(8-4-27)50-15-13-26(14-16-50)22-49-23-29-18-34-35(19-30(29)24-49)44(57)52(43(34)56)38-11-12-40(53)48-42(38)55/h3-4,7-8,18-21,25-26,31,33,38H,5-6,9-17,22-24H2,1H3,(H,47,54)(H,48,53,55)/t25-,31?,33?,38?/m1/s1. The van der Waals surface area contributed by atoms with E-state index in [2.05, 4.69) is 49.2 Å². The van der Waals surface area contributed by atoms with Gasteiger partial charge in [-0.25, -0.2) is 4.85 Å². The molecule has 0 aromatic heterocycles. The summed E-state index contributed by atoms with van der Waals surface area (Å²) >= 11 is 6.42. The number of halogens is 1. The number of carbonyl (C=O) groups is 5. The minimum absolute atomic E-state index is 0.0285. The molecule has 0 radical (unpaired) electrons. The molecular formula is C44H46ClN7O5. The Morgan fingerprint density at radius 1 is 0.877 bits per heavy atom. The summed E-state index contributed by atoms with van der Waals surface area (Å²) in [5.74, 6) is -1.42. The third kappa shape index (κ3) is 6.95. The van der Waals surface area contributed by atoms with Crippen LogP contribution in [0.3, 0.4) is 0 Å². The summed E-state index contributed by atoms with van der Waals surface area (Å²) in [5, 5.41) is 6.06. The zero-order valence-corrected chi connectivity index (χ0v) is 32.8. The van der Waals surface area contributed by atoms with Gasteiger partial charge in [0.05, 0.1) is 17.7 Å². The number of imide groups is 2. The van der Waals surface area contributed by atoms with E-state index in [1.54, 1.807) is 0 Å². The Balaban J connectivity index is 0.733. The fourth-order valence-electron chi connectivity index (χ4n) is 10.2. The number of fused-ring (bicyclic) bond motifs is 3. The van der Waals surface area contributed by atoms with Gasteiger partial charge < -0.3 is 15.1 Å². The van der Waals surface area contributed by atoms with Crippen LogP contribution in [-0.2, 0) is 29.1 Å². The largest absolute Gasteiger partial charge is 0.372 e. The summed E-state index contributed by atoms with van der Waals surface area (Å²) in [7, 11) is 0. The molecule has 13 heteroatoms. The smallest absolute Gasteiger partial charge is 0.262 e. The molecule has 1 aliphatic carbocycles. The van der Waals surface area contributed by atoms with Crippen LogP contribution in [-0.4, -0.2) is 83.1 Å². The third-order valence-corrected chi connectivity index (χ3v) is 13.4. The van der Waals surface area contributed by atoms with Crippen LogP contribution >= 0.6 is 11.6 Å². The average molecular weight is 788 g/mol. The van der Waals surface area contributed by atoms with E-state index < -0.39 is 23.8 Å². The summed E-state index contributed by atoms with van der Waals surface area (Å²) in [6, 6.07) is 15.5. The second kappa shape index (κ2) is 14.9. The van der Waals surface area contributed by atoms with Crippen molar-refractivity contribution in [2.24, 2.45) is 5.92 Å². The minimum atomic E-state index is -0.959. The Hall–Kier alpha value is -5.25. The van der Waals surface area contributed by atoms with Gasteiger partial charge in [-0.3, -0.25) is 39.1 Å². The zero-order chi connectivity index (χ0) is 39.5. The Kier molecular flexibility index (Phi) is 9.77. The number of anilines is 2. The number of carbonyl (C=O) groups excluding carboxylic acids is 5. The number of rotatable bonds is 7. The third-order valence-electron chi connectivity index (χ3n) is 13.1. The van der Waals surface area contributed by atoms with Gasteiger partial charge >= 0.3 is 0 Å². The van der Waals surface area contributed by atoms with E-state index in [0.29, 0.717) is 58.5 Å². The van der Waals surface area contributed by atoms with Gasteiger partial charge in [-0.15, -0.1) is 0 Å². The topological polar surface area (TPSA) is 127 Å². The molecule has 1 saturated carbocycles. The number of nitrogens with one attached hydrogen (secondary N) is 2. The Morgan fingerprint density at radius 3 is 2.18 bits per heavy atom. The highest BCUT2D eigenvalue weighted by molar-refractivity contribution is 6.33. The number of benzene rings is 3. The zero-order valence-electron chi connectivity index (χ0n) is 32.1. The van der Waals surface area contributed by atoms with Crippen LogP contribution in [0.1, 0.15) is 106 Å². The highest BCUT2D eigenvalue weighted by Gasteiger charge is 2.45. The van der Waals surface area contributed by atoms with Crippen LogP contribution in [0.2, 0.25) is 5.02 Å². The van der Waals surface area contributed by atoms with Crippen molar-refractivity contribution in [1.29, 1.82) is 0 Å². The molecule has 5 heterocycles. The van der Waals surface area contributed by atoms with Gasteiger partial charge in [0, 0.05) is 79.2 Å². The number of nitrogens with zero attached hydrogens (tertiary/aromatic N) is 5. The lowest BCUT2D eigenvalue weighted by Gasteiger charge is -2.39. The predicted molar refractivity (Wildman–Crippen MR) is 215 cm³/mol. The van der Waals surface area contributed by atoms with Crippen molar-refractivity contribution in [2.45, 2.75) is 102 Å². The predicted octanol–water partition coefficient (Wildman–Crippen LogP) is 6.02. The summed E-state index contributed by atoms with van der Waals surface area (Å²) in [5.41, 5.74) is 7.43. The molecule has 5 aliphatic heterocycles. The normalized spacial score (nSPS) is 25.0. The van der Waals surface area contributed by atoms with Gasteiger partial charge in [-0.1, -0.05) is 11.6 Å². The van der Waals surface area contributed by atoms with Crippen molar-refractivity contribution in [3.8, 4) is 0 Å². The van der Waals surface area contributed by atoms with Crippen LogP contribution in [0.15, 0.2) is 48.5 Å². The van der Waals surface area contributed by atoms with Gasteiger partial charge in [-0.05, 0) is 129 Å². The molecule has 1 unspecified atom stereocenters. The van der Waals surface area contributed by atoms with Crippen molar-refractivity contribution in [2.75, 3.05) is 29.4 Å². The van der Waals surface area contributed by atoms with Gasteiger partial charge in [0.25, 0.3) is 17.7 Å². The molecule has 9 rings (SSSR count). The van der Waals surface area contributed by atoms with Crippen molar-refractivity contribution in [3.63, 3.8) is 0 Å². The number of hydrogen-bond acceptors (Lipinski definition) is 8. The Morgan fingerprint density at radius 2 is 1.54 bits per heavy atom. The summed E-state index contributed by atoms with van der Waals surface area (Å²) in [6.45, 7) is 13.9. The molecule has 294 valence electrons. The van der Waals surface area contributed by atoms with E-state index in [9.17, 15) is 24.0 Å². The van der Waals surface area contributed by atoms with Crippen molar-refractivity contribution in [1.82, 2.24) is 20.4 Å². The lowest BCUT2D eigenvalue weighted by Crippen LogP contribution is -2.54. The van der Waals surface area contributed by atoms with E-state index in [1.807, 2.05) is 36.4 Å². The first-order valence-electron chi connectivity index (χ1n) is 20.3. The molecule has 5 amide bonds. The van der Waals surface area contributed by atoms with E-state index >= 15 is 0 Å². The van der Waals surface area contributed by atoms with Crippen LogP contribution in [0, 0.1) is 12.5 Å². The van der Waals surface area contributed by atoms with E-state index in [4.69, 9.17) is 18.2 Å². The molecule has 2 N–H and O–H groups in total. The molecule has 0 spiro atoms. The van der Waals surface area contributed by atoms with E-state index in [-0.39, 0.29) is 30.7 Å². The molecule has 12 nitrogen and oxygen atoms in total. The molecule has 3 aromatic rings. The van der Waals surface area contributed by atoms with Gasteiger partial charge in [0.15, 0.2) is 0 Å². The number of hydrogen-bond donors (Lipinski definition) is 2. The fraction of sp³-hybridized carbons (Fsp3) is 0.455. The molecular weight excluding hydrogens is 742 g/mol. The van der Waals surface area contributed by atoms with Crippen molar-refractivity contribution in [3.05, 3.63) is 98.4 Å². The maximum atomic E-state index is 13.3. The van der Waals surface area contributed by atoms with Crippen LogP contribution < -0.4 is 20.4 Å². The quantitative estimate of drug-likeness (QED) is 0.220. The molecule has 0 bridgehead atoms. The molecule has 3 fully saturated rings. The van der Waals surface area contributed by atoms with Gasteiger partial charge in [-0.2, -0.15) is 0 Å². The van der Waals surface area contributed by atoms with Crippen LogP contribution in [0.4, 0.5) is 17.1 Å². The second-order valence-corrected chi connectivity index (χ2v) is 17.2. The molecule has 6 aliphatic rings. The van der Waals surface area contributed by atoms with Gasteiger partial charge in [0.1, 0.15) is 6.04 Å². The summed E-state index contributed by atoms with van der Waals surface area (Å²) < 4.78 is 0. The highest BCUT2D eigenvalue weighted by Crippen LogP contribution is 2.43. The van der Waals surface area contributed by atoms with Crippen molar-refractivity contribution >= 4 is 58.2 Å². The summed E-state index contributed by atoms with van der Waals surface area (Å²) in [6.07, 6.45) is 7.09. The Bertz CT molecular complexity index is 2180. The number of amides is 5. The van der Waals surface area contributed by atoms with Crippen LogP contribution in [0.5, 0.6) is 0 Å². The maximum absolute atomic E-state index is 13.3. The maximum Gasteiger partial charge on any atom is 0.262 e.